The molecule has 5 aliphatic rings. The lowest BCUT2D eigenvalue weighted by atomic mass is 9.52. The van der Waals surface area contributed by atoms with E-state index in [0.717, 1.165) is 82.4 Å². The Kier molecular flexibility index (Phi) is 7.05. The number of hydrogen-bond acceptors (Lipinski definition) is 6. The van der Waals surface area contributed by atoms with Crippen LogP contribution in [-0.4, -0.2) is 51.8 Å². The molecular weight excluding hydrogens is 462 g/mol. The number of rotatable bonds is 8. The van der Waals surface area contributed by atoms with Gasteiger partial charge in [-0.15, -0.1) is 12.6 Å². The van der Waals surface area contributed by atoms with Crippen LogP contribution >= 0.6 is 12.6 Å². The highest BCUT2D eigenvalue weighted by molar-refractivity contribution is 7.80. The third kappa shape index (κ3) is 5.19. The number of piperidine rings is 1. The quantitative estimate of drug-likeness (QED) is 0.401. The summed E-state index contributed by atoms with van der Waals surface area (Å²) in [5, 5.41) is 23.3. The molecule has 4 bridgehead atoms. The molecule has 4 aliphatic carbocycles. The number of thiol groups is 1. The van der Waals surface area contributed by atoms with Gasteiger partial charge in [0.15, 0.2) is 0 Å². The van der Waals surface area contributed by atoms with E-state index in [1.807, 2.05) is 6.07 Å². The van der Waals surface area contributed by atoms with Crippen molar-refractivity contribution in [3.05, 3.63) is 17.3 Å². The van der Waals surface area contributed by atoms with Gasteiger partial charge in [-0.3, -0.25) is 9.59 Å². The monoisotopic (exact) mass is 501 g/mol. The second kappa shape index (κ2) is 9.92. The summed E-state index contributed by atoms with van der Waals surface area (Å²) >= 11 is 4.75. The van der Waals surface area contributed by atoms with Gasteiger partial charge in [0.05, 0.1) is 16.9 Å². The number of aryl methyl sites for hydroxylation is 1. The lowest BCUT2D eigenvalue weighted by Gasteiger charge is -2.58. The predicted molar refractivity (Wildman–Crippen MR) is 137 cm³/mol. The van der Waals surface area contributed by atoms with E-state index in [1.54, 1.807) is 0 Å². The minimum Gasteiger partial charge on any atom is -0.481 e. The second-order valence-electron chi connectivity index (χ2n) is 11.7. The highest BCUT2D eigenvalue weighted by Gasteiger charge is 2.55. The Labute approximate surface area is 213 Å². The highest BCUT2D eigenvalue weighted by Crippen LogP contribution is 2.55. The average molecular weight is 502 g/mol. The molecule has 7 nitrogen and oxygen atoms in total. The van der Waals surface area contributed by atoms with E-state index < -0.39 is 11.6 Å². The minimum atomic E-state index is -0.746. The molecule has 1 amide bonds. The Morgan fingerprint density at radius 1 is 1.26 bits per heavy atom. The van der Waals surface area contributed by atoms with Gasteiger partial charge in [-0.1, -0.05) is 13.3 Å². The number of aliphatic carboxylic acids is 1. The van der Waals surface area contributed by atoms with Gasteiger partial charge in [0.1, 0.15) is 5.82 Å². The summed E-state index contributed by atoms with van der Waals surface area (Å²) in [4.78, 5) is 32.4. The lowest BCUT2D eigenvalue weighted by molar-refractivity contribution is -0.137. The topological polar surface area (TPSA) is 103 Å². The first-order valence-corrected chi connectivity index (χ1v) is 13.9. The van der Waals surface area contributed by atoms with Crippen LogP contribution in [0, 0.1) is 23.7 Å². The summed E-state index contributed by atoms with van der Waals surface area (Å²) in [5.41, 5.74) is 0.920. The molecule has 1 aliphatic heterocycles. The Morgan fingerprint density at radius 2 is 2.00 bits per heavy atom. The normalized spacial score (nSPS) is 33.7. The van der Waals surface area contributed by atoms with Gasteiger partial charge >= 0.3 is 5.97 Å². The molecule has 6 rings (SSSR count). The van der Waals surface area contributed by atoms with E-state index in [0.29, 0.717) is 40.6 Å². The van der Waals surface area contributed by atoms with Crippen molar-refractivity contribution in [2.24, 2.45) is 23.7 Å². The van der Waals surface area contributed by atoms with Gasteiger partial charge in [0.2, 0.25) is 0 Å². The molecular formula is C27H39N3O4S. The van der Waals surface area contributed by atoms with Crippen molar-refractivity contribution in [2.75, 3.05) is 18.0 Å². The van der Waals surface area contributed by atoms with Crippen molar-refractivity contribution in [3.63, 3.8) is 0 Å². The third-order valence-corrected chi connectivity index (χ3v) is 9.25. The molecule has 4 saturated carbocycles. The summed E-state index contributed by atoms with van der Waals surface area (Å²) in [6.07, 6.45) is 9.29. The maximum absolute atomic E-state index is 13.5. The smallest absolute Gasteiger partial charge is 0.303 e. The molecule has 3 N–H and O–H groups in total. The molecule has 1 saturated heterocycles. The summed E-state index contributed by atoms with van der Waals surface area (Å²) < 4.78 is 0. The SMILES string of the molecule is CCCc1nc(N2CCCC(CCC(=O)O)C2)c(S)cc1C(=O)NC1C2CC3CC1CC(O)(C3)C2. The number of carboxylic acids is 1. The van der Waals surface area contributed by atoms with Gasteiger partial charge in [0.25, 0.3) is 5.91 Å². The summed E-state index contributed by atoms with van der Waals surface area (Å²) in [6.45, 7) is 3.75. The number of nitrogens with one attached hydrogen (secondary N) is 1. The molecule has 3 unspecified atom stereocenters. The number of anilines is 1. The zero-order chi connectivity index (χ0) is 24.7. The molecule has 8 heteroatoms. The first-order chi connectivity index (χ1) is 16.7. The molecule has 3 atom stereocenters. The highest BCUT2D eigenvalue weighted by atomic mass is 32.1. The second-order valence-corrected chi connectivity index (χ2v) is 12.1. The van der Waals surface area contributed by atoms with Gasteiger partial charge in [-0.05, 0) is 87.5 Å². The maximum atomic E-state index is 13.5. The molecule has 0 spiro atoms. The number of hydrogen-bond donors (Lipinski definition) is 4. The molecule has 35 heavy (non-hydrogen) atoms. The number of aromatic nitrogens is 1. The van der Waals surface area contributed by atoms with Crippen molar-refractivity contribution in [1.82, 2.24) is 10.3 Å². The first-order valence-electron chi connectivity index (χ1n) is 13.5. The van der Waals surface area contributed by atoms with Crippen LogP contribution in [0.3, 0.4) is 0 Å². The standard InChI is InChI=1S/C27H39N3O4S/c1-2-4-21-20(26(33)29-24-18-9-17-10-19(24)14-27(34,12-17)13-18)11-22(35)25(28-21)30-8-3-5-16(15-30)6-7-23(31)32/h11,16-19,24,34-35H,2-10,12-15H2,1H3,(H,29,33)(H,31,32). The molecule has 1 aromatic heterocycles. The fourth-order valence-electron chi connectivity index (χ4n) is 7.65. The average Bonchev–Trinajstić information content (AvgIpc) is 2.80. The molecule has 192 valence electrons. The summed E-state index contributed by atoms with van der Waals surface area (Å²) in [6, 6.07) is 2.02. The Balaban J connectivity index is 1.33. The van der Waals surface area contributed by atoms with Crippen LogP contribution in [0.15, 0.2) is 11.0 Å². The Bertz CT molecular complexity index is 969. The lowest BCUT2D eigenvalue weighted by Crippen LogP contribution is -2.61. The number of carbonyl (C=O) groups excluding carboxylic acids is 1. The van der Waals surface area contributed by atoms with Crippen molar-refractivity contribution < 1.29 is 19.8 Å². The Morgan fingerprint density at radius 3 is 2.66 bits per heavy atom. The fraction of sp³-hybridized carbons (Fsp3) is 0.741. The van der Waals surface area contributed by atoms with E-state index in [-0.39, 0.29) is 18.4 Å². The van der Waals surface area contributed by atoms with Crippen LogP contribution in [-0.2, 0) is 11.2 Å². The number of carboxylic acid groups (broad SMARTS) is 1. The molecule has 5 fully saturated rings. The van der Waals surface area contributed by atoms with Crippen molar-refractivity contribution >= 4 is 30.3 Å². The predicted octanol–water partition coefficient (Wildman–Crippen LogP) is 4.07. The first kappa shape index (κ1) is 24.9. The Hall–Kier alpha value is -1.80. The van der Waals surface area contributed by atoms with E-state index in [1.165, 1.54) is 0 Å². The van der Waals surface area contributed by atoms with E-state index in [4.69, 9.17) is 22.7 Å². The van der Waals surface area contributed by atoms with Crippen LogP contribution in [0.4, 0.5) is 5.82 Å². The van der Waals surface area contributed by atoms with E-state index in [2.05, 4.69) is 17.1 Å². The van der Waals surface area contributed by atoms with Gasteiger partial charge in [0, 0.05) is 30.4 Å². The molecule has 0 radical (unpaired) electrons. The van der Waals surface area contributed by atoms with Crippen LogP contribution in [0.25, 0.3) is 0 Å². The van der Waals surface area contributed by atoms with E-state index in [9.17, 15) is 14.7 Å². The number of aliphatic hydroxyl groups is 1. The third-order valence-electron chi connectivity index (χ3n) is 8.92. The fourth-order valence-corrected chi connectivity index (χ4v) is 7.97. The summed E-state index contributed by atoms with van der Waals surface area (Å²) in [5.74, 6) is 1.67. The van der Waals surface area contributed by atoms with Crippen LogP contribution in [0.2, 0.25) is 0 Å². The maximum Gasteiger partial charge on any atom is 0.303 e. The molecule has 1 aromatic rings. The zero-order valence-electron chi connectivity index (χ0n) is 20.7. The largest absolute Gasteiger partial charge is 0.481 e. The van der Waals surface area contributed by atoms with E-state index >= 15 is 0 Å². The number of pyridine rings is 1. The van der Waals surface area contributed by atoms with Crippen LogP contribution in [0.1, 0.15) is 87.2 Å². The molecule has 0 aromatic carbocycles. The van der Waals surface area contributed by atoms with Crippen LogP contribution < -0.4 is 10.2 Å². The van der Waals surface area contributed by atoms with Gasteiger partial charge in [-0.2, -0.15) is 0 Å². The van der Waals surface area contributed by atoms with Crippen molar-refractivity contribution in [1.29, 1.82) is 0 Å². The van der Waals surface area contributed by atoms with Crippen molar-refractivity contribution in [2.45, 2.75) is 94.1 Å². The minimum absolute atomic E-state index is 0.0646. The number of nitrogens with zero attached hydrogens (tertiary/aromatic N) is 2. The number of carbonyl (C=O) groups is 2. The van der Waals surface area contributed by atoms with Crippen molar-refractivity contribution in [3.8, 4) is 0 Å². The zero-order valence-corrected chi connectivity index (χ0v) is 21.6. The molecule has 2 heterocycles. The van der Waals surface area contributed by atoms with Gasteiger partial charge in [-0.25, -0.2) is 4.98 Å². The van der Waals surface area contributed by atoms with Crippen LogP contribution in [0.5, 0.6) is 0 Å². The summed E-state index contributed by atoms with van der Waals surface area (Å²) in [7, 11) is 0. The van der Waals surface area contributed by atoms with Gasteiger partial charge < -0.3 is 20.4 Å². The number of amides is 1.